The van der Waals surface area contributed by atoms with Crippen molar-refractivity contribution >= 4 is 17.0 Å². The normalized spacial score (nSPS) is 12.6. The average Bonchev–Trinajstić information content (AvgIpc) is 2.71. The predicted octanol–water partition coefficient (Wildman–Crippen LogP) is 4.49. The minimum Gasteiger partial charge on any atom is -0.372 e. The van der Waals surface area contributed by atoms with Gasteiger partial charge < -0.3 is 5.32 Å². The summed E-state index contributed by atoms with van der Waals surface area (Å²) in [6, 6.07) is -0.399. The SMILES string of the molecule is Cc1nc(C(C)Nc2c(F)c(F)cc(F)c2F)c(C)s1. The van der Waals surface area contributed by atoms with E-state index in [0.29, 0.717) is 5.69 Å². The number of halogens is 4. The zero-order chi connectivity index (χ0) is 15.0. The zero-order valence-corrected chi connectivity index (χ0v) is 11.8. The Morgan fingerprint density at radius 2 is 1.65 bits per heavy atom. The highest BCUT2D eigenvalue weighted by Crippen LogP contribution is 2.30. The van der Waals surface area contributed by atoms with E-state index in [-0.39, 0.29) is 6.07 Å². The van der Waals surface area contributed by atoms with Crippen LogP contribution in [0.5, 0.6) is 0 Å². The second-order valence-electron chi connectivity index (χ2n) is 4.38. The fraction of sp³-hybridized carbons (Fsp3) is 0.308. The van der Waals surface area contributed by atoms with Gasteiger partial charge in [-0.3, -0.25) is 0 Å². The molecule has 1 atom stereocenters. The van der Waals surface area contributed by atoms with Crippen molar-refractivity contribution in [3.05, 3.63) is 44.9 Å². The van der Waals surface area contributed by atoms with Gasteiger partial charge in [-0.15, -0.1) is 11.3 Å². The van der Waals surface area contributed by atoms with E-state index in [1.54, 1.807) is 13.8 Å². The first-order valence-corrected chi connectivity index (χ1v) is 6.66. The first-order chi connectivity index (χ1) is 9.31. The van der Waals surface area contributed by atoms with Gasteiger partial charge in [0.05, 0.1) is 16.7 Å². The Kier molecular flexibility index (Phi) is 3.99. The quantitative estimate of drug-likeness (QED) is 0.667. The third-order valence-electron chi connectivity index (χ3n) is 2.82. The first-order valence-electron chi connectivity index (χ1n) is 5.84. The molecule has 1 unspecified atom stereocenters. The van der Waals surface area contributed by atoms with Crippen molar-refractivity contribution in [1.82, 2.24) is 4.98 Å². The maximum Gasteiger partial charge on any atom is 0.185 e. The minimum atomic E-state index is -1.44. The largest absolute Gasteiger partial charge is 0.372 e. The number of rotatable bonds is 3. The second-order valence-corrected chi connectivity index (χ2v) is 5.79. The Labute approximate surface area is 117 Å². The van der Waals surface area contributed by atoms with E-state index in [0.717, 1.165) is 9.88 Å². The number of thiazole rings is 1. The van der Waals surface area contributed by atoms with E-state index in [4.69, 9.17) is 0 Å². The fourth-order valence-corrected chi connectivity index (χ4v) is 2.85. The topological polar surface area (TPSA) is 24.9 Å². The Morgan fingerprint density at radius 1 is 1.10 bits per heavy atom. The lowest BCUT2D eigenvalue weighted by atomic mass is 10.2. The molecule has 1 N–H and O–H groups in total. The highest BCUT2D eigenvalue weighted by atomic mass is 32.1. The summed E-state index contributed by atoms with van der Waals surface area (Å²) < 4.78 is 53.4. The van der Waals surface area contributed by atoms with Gasteiger partial charge in [-0.05, 0) is 20.8 Å². The molecule has 1 aromatic heterocycles. The molecular formula is C13H12F4N2S. The number of anilines is 1. The molecular weight excluding hydrogens is 292 g/mol. The van der Waals surface area contributed by atoms with Crippen LogP contribution in [0.4, 0.5) is 23.2 Å². The van der Waals surface area contributed by atoms with Crippen LogP contribution in [0.25, 0.3) is 0 Å². The van der Waals surface area contributed by atoms with Gasteiger partial charge in [-0.25, -0.2) is 22.5 Å². The molecule has 0 fully saturated rings. The third-order valence-corrected chi connectivity index (χ3v) is 3.72. The van der Waals surface area contributed by atoms with E-state index in [1.165, 1.54) is 11.3 Å². The van der Waals surface area contributed by atoms with Gasteiger partial charge in [0.1, 0.15) is 5.69 Å². The van der Waals surface area contributed by atoms with Crippen molar-refractivity contribution in [1.29, 1.82) is 0 Å². The Bertz CT molecular complexity index is 628. The number of nitrogens with one attached hydrogen (secondary N) is 1. The molecule has 0 aliphatic heterocycles. The van der Waals surface area contributed by atoms with Crippen LogP contribution < -0.4 is 5.32 Å². The van der Waals surface area contributed by atoms with Crippen LogP contribution in [-0.4, -0.2) is 4.98 Å². The van der Waals surface area contributed by atoms with Crippen LogP contribution in [-0.2, 0) is 0 Å². The minimum absolute atomic E-state index is 0.179. The van der Waals surface area contributed by atoms with Crippen LogP contribution in [0.15, 0.2) is 6.07 Å². The highest BCUT2D eigenvalue weighted by Gasteiger charge is 2.22. The summed E-state index contributed by atoms with van der Waals surface area (Å²) in [6.45, 7) is 5.23. The summed E-state index contributed by atoms with van der Waals surface area (Å²) in [5, 5.41) is 3.25. The lowest BCUT2D eigenvalue weighted by molar-refractivity contribution is 0.457. The smallest absolute Gasteiger partial charge is 0.185 e. The van der Waals surface area contributed by atoms with E-state index in [1.807, 2.05) is 6.92 Å². The highest BCUT2D eigenvalue weighted by molar-refractivity contribution is 7.11. The molecule has 0 bridgehead atoms. The van der Waals surface area contributed by atoms with E-state index in [9.17, 15) is 17.6 Å². The molecule has 0 saturated carbocycles. The predicted molar refractivity (Wildman–Crippen MR) is 69.9 cm³/mol. The molecule has 1 aromatic carbocycles. The monoisotopic (exact) mass is 304 g/mol. The van der Waals surface area contributed by atoms with Crippen molar-refractivity contribution < 1.29 is 17.6 Å². The molecule has 108 valence electrons. The average molecular weight is 304 g/mol. The lowest BCUT2D eigenvalue weighted by Crippen LogP contribution is -2.13. The Morgan fingerprint density at radius 3 is 2.10 bits per heavy atom. The molecule has 2 aromatic rings. The standard InChI is InChI=1S/C13H12F4N2S/c1-5(12-6(2)20-7(3)19-12)18-13-10(16)8(14)4-9(15)11(13)17/h4-5,18H,1-3H3. The number of nitrogens with zero attached hydrogens (tertiary/aromatic N) is 1. The van der Waals surface area contributed by atoms with Crippen LogP contribution >= 0.6 is 11.3 Å². The van der Waals surface area contributed by atoms with Crippen LogP contribution in [0, 0.1) is 37.1 Å². The van der Waals surface area contributed by atoms with Gasteiger partial charge in [0.2, 0.25) is 0 Å². The molecule has 0 aliphatic rings. The molecule has 0 saturated heterocycles. The van der Waals surface area contributed by atoms with E-state index >= 15 is 0 Å². The van der Waals surface area contributed by atoms with Crippen molar-refractivity contribution in [2.24, 2.45) is 0 Å². The maximum atomic E-state index is 13.6. The van der Waals surface area contributed by atoms with Crippen LogP contribution in [0.3, 0.4) is 0 Å². The molecule has 2 nitrogen and oxygen atoms in total. The molecule has 2 rings (SSSR count). The summed E-state index contributed by atoms with van der Waals surface area (Å²) in [5.41, 5.74) is -0.226. The van der Waals surface area contributed by atoms with Crippen LogP contribution in [0.2, 0.25) is 0 Å². The van der Waals surface area contributed by atoms with Gasteiger partial charge in [0.25, 0.3) is 0 Å². The number of hydrogen-bond donors (Lipinski definition) is 1. The fourth-order valence-electron chi connectivity index (χ4n) is 1.93. The molecule has 1 heterocycles. The summed E-state index contributed by atoms with van der Waals surface area (Å²) in [5.74, 6) is -5.77. The maximum absolute atomic E-state index is 13.6. The van der Waals surface area contributed by atoms with Crippen LogP contribution in [0.1, 0.15) is 28.5 Å². The Balaban J connectivity index is 2.37. The lowest BCUT2D eigenvalue weighted by Gasteiger charge is -2.16. The van der Waals surface area contributed by atoms with Crippen molar-refractivity contribution in [3.8, 4) is 0 Å². The summed E-state index contributed by atoms with van der Waals surface area (Å²) >= 11 is 1.44. The summed E-state index contributed by atoms with van der Waals surface area (Å²) in [7, 11) is 0. The van der Waals surface area contributed by atoms with Crippen molar-refractivity contribution in [3.63, 3.8) is 0 Å². The molecule has 0 spiro atoms. The van der Waals surface area contributed by atoms with Crippen molar-refractivity contribution in [2.75, 3.05) is 5.32 Å². The van der Waals surface area contributed by atoms with Gasteiger partial charge in [0, 0.05) is 10.9 Å². The molecule has 0 aliphatic carbocycles. The number of benzene rings is 1. The summed E-state index contributed by atoms with van der Waals surface area (Å²) in [6.07, 6.45) is 0. The van der Waals surface area contributed by atoms with Gasteiger partial charge >= 0.3 is 0 Å². The Hall–Kier alpha value is -1.63. The number of aromatic nitrogens is 1. The molecule has 0 radical (unpaired) electrons. The zero-order valence-electron chi connectivity index (χ0n) is 11.0. The molecule has 0 amide bonds. The van der Waals surface area contributed by atoms with E-state index < -0.39 is 35.0 Å². The number of aryl methyl sites for hydroxylation is 2. The number of hydrogen-bond acceptors (Lipinski definition) is 3. The van der Waals surface area contributed by atoms with Gasteiger partial charge in [0.15, 0.2) is 23.3 Å². The third kappa shape index (κ3) is 2.63. The van der Waals surface area contributed by atoms with Gasteiger partial charge in [-0.1, -0.05) is 0 Å². The summed E-state index contributed by atoms with van der Waals surface area (Å²) in [4.78, 5) is 5.11. The van der Waals surface area contributed by atoms with Gasteiger partial charge in [-0.2, -0.15) is 0 Å². The van der Waals surface area contributed by atoms with Crippen molar-refractivity contribution in [2.45, 2.75) is 26.8 Å². The second kappa shape index (κ2) is 5.40. The molecule has 7 heteroatoms. The molecule has 20 heavy (non-hydrogen) atoms. The first kappa shape index (κ1) is 14.8. The van der Waals surface area contributed by atoms with E-state index in [2.05, 4.69) is 10.3 Å².